The van der Waals surface area contributed by atoms with Crippen molar-refractivity contribution in [2.45, 2.75) is 31.8 Å². The minimum Gasteiger partial charge on any atom is -0.310 e. The van der Waals surface area contributed by atoms with Gasteiger partial charge in [-0.05, 0) is 24.3 Å². The number of benzene rings is 1. The van der Waals surface area contributed by atoms with Crippen molar-refractivity contribution in [1.82, 2.24) is 5.32 Å². The number of nitrogens with one attached hydrogen (secondary N) is 1. The lowest BCUT2D eigenvalue weighted by Gasteiger charge is -2.18. The summed E-state index contributed by atoms with van der Waals surface area (Å²) in [6.45, 7) is 0.971. The van der Waals surface area contributed by atoms with Crippen molar-refractivity contribution in [2.24, 2.45) is 5.92 Å². The van der Waals surface area contributed by atoms with Crippen LogP contribution < -0.4 is 5.32 Å². The van der Waals surface area contributed by atoms with Gasteiger partial charge < -0.3 is 5.32 Å². The molecule has 2 heteroatoms. The van der Waals surface area contributed by atoms with E-state index >= 15 is 0 Å². The molecule has 1 nitrogen and oxygen atoms in total. The lowest BCUT2D eigenvalue weighted by atomic mass is 10.1. The van der Waals surface area contributed by atoms with Crippen LogP contribution in [0.3, 0.4) is 0 Å². The Bertz CT molecular complexity index is 286. The van der Waals surface area contributed by atoms with Gasteiger partial charge in [-0.1, -0.05) is 36.8 Å². The van der Waals surface area contributed by atoms with E-state index in [1.54, 1.807) is 0 Å². The topological polar surface area (TPSA) is 12.0 Å². The van der Waals surface area contributed by atoms with Crippen LogP contribution in [-0.4, -0.2) is 11.9 Å². The van der Waals surface area contributed by atoms with E-state index in [1.807, 2.05) is 0 Å². The van der Waals surface area contributed by atoms with Gasteiger partial charge >= 0.3 is 0 Å². The first-order valence-electron chi connectivity index (χ1n) is 5.73. The van der Waals surface area contributed by atoms with E-state index < -0.39 is 0 Å². The second kappa shape index (κ2) is 5.53. The van der Waals surface area contributed by atoms with E-state index in [9.17, 15) is 0 Å². The van der Waals surface area contributed by atoms with Crippen LogP contribution in [0.15, 0.2) is 30.3 Å². The van der Waals surface area contributed by atoms with Gasteiger partial charge in [-0.25, -0.2) is 0 Å². The molecule has 0 saturated heterocycles. The molecule has 0 radical (unpaired) electrons. The van der Waals surface area contributed by atoms with Gasteiger partial charge in [0.1, 0.15) is 0 Å². The van der Waals surface area contributed by atoms with Crippen LogP contribution in [0.1, 0.15) is 24.8 Å². The van der Waals surface area contributed by atoms with Crippen LogP contribution in [0.2, 0.25) is 0 Å². The summed E-state index contributed by atoms with van der Waals surface area (Å²) < 4.78 is 0. The van der Waals surface area contributed by atoms with Gasteiger partial charge in [0.2, 0.25) is 0 Å². The summed E-state index contributed by atoms with van der Waals surface area (Å²) in [5, 5.41) is 3.61. The fraction of sp³-hybridized carbons (Fsp3) is 0.538. The molecular weight excluding hydrogens is 206 g/mol. The van der Waals surface area contributed by atoms with E-state index in [0.29, 0.717) is 12.0 Å². The summed E-state index contributed by atoms with van der Waals surface area (Å²) in [4.78, 5) is 0. The number of hydrogen-bond acceptors (Lipinski definition) is 1. The van der Waals surface area contributed by atoms with E-state index in [2.05, 4.69) is 35.6 Å². The first-order valence-corrected chi connectivity index (χ1v) is 6.27. The van der Waals surface area contributed by atoms with Crippen LogP contribution in [-0.2, 0) is 6.54 Å². The Hall–Kier alpha value is -0.530. The van der Waals surface area contributed by atoms with Crippen molar-refractivity contribution >= 4 is 11.6 Å². The van der Waals surface area contributed by atoms with Gasteiger partial charge in [0, 0.05) is 18.5 Å². The third kappa shape index (κ3) is 2.96. The number of rotatable bonds is 4. The van der Waals surface area contributed by atoms with Gasteiger partial charge in [-0.3, -0.25) is 0 Å². The molecule has 0 aliphatic heterocycles. The molecule has 15 heavy (non-hydrogen) atoms. The molecule has 0 amide bonds. The minimum absolute atomic E-state index is 0.628. The summed E-state index contributed by atoms with van der Waals surface area (Å²) in [6.07, 6.45) is 3.89. The van der Waals surface area contributed by atoms with E-state index in [1.165, 1.54) is 24.8 Å². The zero-order valence-electron chi connectivity index (χ0n) is 8.95. The van der Waals surface area contributed by atoms with Crippen LogP contribution in [0.5, 0.6) is 0 Å². The second-order valence-corrected chi connectivity index (χ2v) is 4.63. The Balaban J connectivity index is 1.83. The second-order valence-electron chi connectivity index (χ2n) is 4.32. The molecule has 0 bridgehead atoms. The first-order chi connectivity index (χ1) is 7.40. The van der Waals surface area contributed by atoms with Crippen LogP contribution in [0.25, 0.3) is 0 Å². The molecule has 1 aromatic rings. The normalized spacial score (nSPS) is 25.7. The third-order valence-corrected chi connectivity index (χ3v) is 3.66. The molecule has 1 aliphatic carbocycles. The maximum absolute atomic E-state index is 5.94. The Morgan fingerprint density at radius 3 is 2.73 bits per heavy atom. The van der Waals surface area contributed by atoms with Crippen molar-refractivity contribution < 1.29 is 0 Å². The van der Waals surface area contributed by atoms with Crippen molar-refractivity contribution in [1.29, 1.82) is 0 Å². The van der Waals surface area contributed by atoms with Crippen molar-refractivity contribution in [3.8, 4) is 0 Å². The highest BCUT2D eigenvalue weighted by molar-refractivity contribution is 6.18. The monoisotopic (exact) mass is 223 g/mol. The lowest BCUT2D eigenvalue weighted by molar-refractivity contribution is 0.429. The summed E-state index contributed by atoms with van der Waals surface area (Å²) in [5.74, 6) is 1.47. The first kappa shape index (κ1) is 11.0. The quantitative estimate of drug-likeness (QED) is 0.774. The maximum Gasteiger partial charge on any atom is 0.0266 e. The zero-order valence-corrected chi connectivity index (χ0v) is 9.71. The van der Waals surface area contributed by atoms with Crippen LogP contribution in [0.4, 0.5) is 0 Å². The van der Waals surface area contributed by atoms with Crippen molar-refractivity contribution in [3.63, 3.8) is 0 Å². The van der Waals surface area contributed by atoms with E-state index in [-0.39, 0.29) is 0 Å². The molecule has 0 aromatic heterocycles. The minimum atomic E-state index is 0.628. The Labute approximate surface area is 96.8 Å². The van der Waals surface area contributed by atoms with Crippen molar-refractivity contribution in [3.05, 3.63) is 35.9 Å². The standard InChI is InChI=1S/C13H18ClN/c14-9-12-7-4-8-13(12)15-10-11-5-2-1-3-6-11/h1-3,5-6,12-13,15H,4,7-10H2. The van der Waals surface area contributed by atoms with Gasteiger partial charge in [0.05, 0.1) is 0 Å². The third-order valence-electron chi connectivity index (χ3n) is 3.27. The highest BCUT2D eigenvalue weighted by atomic mass is 35.5. The molecule has 82 valence electrons. The molecule has 1 aliphatic rings. The smallest absolute Gasteiger partial charge is 0.0266 e. The molecule has 0 spiro atoms. The van der Waals surface area contributed by atoms with Crippen LogP contribution >= 0.6 is 11.6 Å². The molecule has 2 rings (SSSR count). The summed E-state index contributed by atoms with van der Waals surface area (Å²) in [5.41, 5.74) is 1.36. The molecular formula is C13H18ClN. The Morgan fingerprint density at radius 1 is 1.20 bits per heavy atom. The summed E-state index contributed by atoms with van der Waals surface area (Å²) >= 11 is 5.94. The molecule has 1 aromatic carbocycles. The number of hydrogen-bond donors (Lipinski definition) is 1. The maximum atomic E-state index is 5.94. The average molecular weight is 224 g/mol. The fourth-order valence-electron chi connectivity index (χ4n) is 2.34. The number of halogens is 1. The molecule has 2 atom stereocenters. The molecule has 0 heterocycles. The van der Waals surface area contributed by atoms with Crippen molar-refractivity contribution in [2.75, 3.05) is 5.88 Å². The predicted molar refractivity (Wildman–Crippen MR) is 65.1 cm³/mol. The highest BCUT2D eigenvalue weighted by Gasteiger charge is 2.25. The fourth-order valence-corrected chi connectivity index (χ4v) is 2.70. The Kier molecular flexibility index (Phi) is 4.04. The number of alkyl halides is 1. The summed E-state index contributed by atoms with van der Waals surface area (Å²) in [7, 11) is 0. The van der Waals surface area contributed by atoms with Gasteiger partial charge in [-0.15, -0.1) is 11.6 Å². The highest BCUT2D eigenvalue weighted by Crippen LogP contribution is 2.26. The SMILES string of the molecule is ClCC1CCCC1NCc1ccccc1. The van der Waals surface area contributed by atoms with Gasteiger partial charge in [0.25, 0.3) is 0 Å². The molecule has 1 fully saturated rings. The molecule has 1 saturated carbocycles. The van der Waals surface area contributed by atoms with E-state index in [0.717, 1.165) is 12.4 Å². The van der Waals surface area contributed by atoms with Gasteiger partial charge in [0.15, 0.2) is 0 Å². The van der Waals surface area contributed by atoms with E-state index in [4.69, 9.17) is 11.6 Å². The zero-order chi connectivity index (χ0) is 10.5. The molecule has 1 N–H and O–H groups in total. The predicted octanol–water partition coefficient (Wildman–Crippen LogP) is 3.18. The van der Waals surface area contributed by atoms with Crippen LogP contribution in [0, 0.1) is 5.92 Å². The van der Waals surface area contributed by atoms with Gasteiger partial charge in [-0.2, -0.15) is 0 Å². The average Bonchev–Trinajstić information content (AvgIpc) is 2.75. The largest absolute Gasteiger partial charge is 0.310 e. The Morgan fingerprint density at radius 2 is 2.00 bits per heavy atom. The summed E-state index contributed by atoms with van der Waals surface area (Å²) in [6, 6.07) is 11.2. The molecule has 2 unspecified atom stereocenters. The lowest BCUT2D eigenvalue weighted by Crippen LogP contribution is -2.32.